The first kappa shape index (κ1) is 16.8. The molecule has 0 bridgehead atoms. The van der Waals surface area contributed by atoms with E-state index in [4.69, 9.17) is 16.3 Å². The van der Waals surface area contributed by atoms with Crippen LogP contribution in [0.4, 0.5) is 15.0 Å². The zero-order valence-electron chi connectivity index (χ0n) is 13.8. The van der Waals surface area contributed by atoms with Gasteiger partial charge in [0.2, 0.25) is 5.82 Å². The van der Waals surface area contributed by atoms with E-state index < -0.39 is 11.4 Å². The Labute approximate surface area is 143 Å². The van der Waals surface area contributed by atoms with Crippen LogP contribution in [0.25, 0.3) is 5.65 Å². The van der Waals surface area contributed by atoms with E-state index in [0.29, 0.717) is 31.8 Å². The maximum Gasteiger partial charge on any atom is 0.410 e. The molecule has 0 aliphatic carbocycles. The van der Waals surface area contributed by atoms with Crippen LogP contribution in [-0.4, -0.2) is 57.4 Å². The SMILES string of the molecule is CC(C)(C)OC(=O)N1CCN(c2c(F)c(Cl)nc3ccnn23)CC1. The van der Waals surface area contributed by atoms with Crippen molar-refractivity contribution in [1.82, 2.24) is 19.5 Å². The van der Waals surface area contributed by atoms with E-state index >= 15 is 0 Å². The van der Waals surface area contributed by atoms with Crippen molar-refractivity contribution in [2.75, 3.05) is 31.1 Å². The van der Waals surface area contributed by atoms with Crippen LogP contribution in [0.3, 0.4) is 0 Å². The fraction of sp³-hybridized carbons (Fsp3) is 0.533. The predicted octanol–water partition coefficient (Wildman–Crippen LogP) is 2.58. The Morgan fingerprint density at radius 3 is 2.58 bits per heavy atom. The molecule has 7 nitrogen and oxygen atoms in total. The molecule has 1 fully saturated rings. The maximum atomic E-state index is 14.5. The lowest BCUT2D eigenvalue weighted by molar-refractivity contribution is 0.0240. The third kappa shape index (κ3) is 3.24. The van der Waals surface area contributed by atoms with Crippen LogP contribution >= 0.6 is 11.6 Å². The molecule has 1 aliphatic rings. The predicted molar refractivity (Wildman–Crippen MR) is 88.0 cm³/mol. The summed E-state index contributed by atoms with van der Waals surface area (Å²) in [6.45, 7) is 7.23. The van der Waals surface area contributed by atoms with E-state index in [1.165, 1.54) is 4.52 Å². The van der Waals surface area contributed by atoms with Crippen LogP contribution in [0.15, 0.2) is 12.3 Å². The Morgan fingerprint density at radius 2 is 1.96 bits per heavy atom. The summed E-state index contributed by atoms with van der Waals surface area (Å²) in [7, 11) is 0. The number of halogens is 2. The maximum absolute atomic E-state index is 14.5. The number of amides is 1. The van der Waals surface area contributed by atoms with Crippen molar-refractivity contribution >= 4 is 29.2 Å². The first-order valence-electron chi connectivity index (χ1n) is 7.68. The zero-order chi connectivity index (χ0) is 17.5. The van der Waals surface area contributed by atoms with E-state index in [0.717, 1.165) is 0 Å². The van der Waals surface area contributed by atoms with E-state index in [1.807, 2.05) is 25.7 Å². The molecule has 1 saturated heterocycles. The van der Waals surface area contributed by atoms with Gasteiger partial charge in [-0.05, 0) is 20.8 Å². The lowest BCUT2D eigenvalue weighted by Gasteiger charge is -2.36. The largest absolute Gasteiger partial charge is 0.444 e. The summed E-state index contributed by atoms with van der Waals surface area (Å²) in [6, 6.07) is 1.66. The van der Waals surface area contributed by atoms with Gasteiger partial charge in [0, 0.05) is 32.2 Å². The molecule has 3 heterocycles. The van der Waals surface area contributed by atoms with Crippen LogP contribution in [-0.2, 0) is 4.74 Å². The summed E-state index contributed by atoms with van der Waals surface area (Å²) in [5, 5.41) is 3.92. The van der Waals surface area contributed by atoms with Crippen molar-refractivity contribution in [3.05, 3.63) is 23.2 Å². The number of anilines is 1. The fourth-order valence-corrected chi connectivity index (χ4v) is 2.75. The van der Waals surface area contributed by atoms with Crippen LogP contribution in [0, 0.1) is 5.82 Å². The molecule has 9 heteroatoms. The molecule has 0 atom stereocenters. The van der Waals surface area contributed by atoms with Gasteiger partial charge in [-0.2, -0.15) is 14.0 Å². The molecule has 1 amide bonds. The summed E-state index contributed by atoms with van der Waals surface area (Å²) in [6.07, 6.45) is 1.18. The van der Waals surface area contributed by atoms with Crippen molar-refractivity contribution in [1.29, 1.82) is 0 Å². The monoisotopic (exact) mass is 355 g/mol. The Kier molecular flexibility index (Phi) is 4.25. The minimum Gasteiger partial charge on any atom is -0.444 e. The second kappa shape index (κ2) is 6.08. The molecule has 0 saturated carbocycles. The summed E-state index contributed by atoms with van der Waals surface area (Å²) >= 11 is 5.88. The second-order valence-electron chi connectivity index (χ2n) is 6.60. The highest BCUT2D eigenvalue weighted by Gasteiger charge is 2.29. The number of carbonyl (C=O) groups excluding carboxylic acids is 1. The summed E-state index contributed by atoms with van der Waals surface area (Å²) < 4.78 is 21.3. The quantitative estimate of drug-likeness (QED) is 0.736. The molecule has 0 N–H and O–H groups in total. The summed E-state index contributed by atoms with van der Waals surface area (Å²) in [5.41, 5.74) is -0.0637. The summed E-state index contributed by atoms with van der Waals surface area (Å²) in [5.74, 6) is -0.350. The topological polar surface area (TPSA) is 63.0 Å². The van der Waals surface area contributed by atoms with Gasteiger partial charge < -0.3 is 14.5 Å². The number of rotatable bonds is 1. The number of aromatic nitrogens is 3. The molecule has 0 aromatic carbocycles. The highest BCUT2D eigenvalue weighted by Crippen LogP contribution is 2.26. The number of hydrogen-bond acceptors (Lipinski definition) is 5. The van der Waals surface area contributed by atoms with Crippen LogP contribution in [0.1, 0.15) is 20.8 Å². The van der Waals surface area contributed by atoms with Crippen LogP contribution in [0.5, 0.6) is 0 Å². The minimum atomic E-state index is -0.612. The normalized spacial score (nSPS) is 15.9. The third-order valence-corrected chi connectivity index (χ3v) is 3.89. The highest BCUT2D eigenvalue weighted by atomic mass is 35.5. The molecular weight excluding hydrogens is 337 g/mol. The number of carbonyl (C=O) groups is 1. The van der Waals surface area contributed by atoms with Gasteiger partial charge in [-0.1, -0.05) is 11.6 Å². The Bertz CT molecular complexity index is 765. The molecule has 2 aromatic heterocycles. The number of hydrogen-bond donors (Lipinski definition) is 0. The molecule has 130 valence electrons. The molecule has 0 spiro atoms. The van der Waals surface area contributed by atoms with Gasteiger partial charge in [0.15, 0.2) is 16.6 Å². The molecule has 24 heavy (non-hydrogen) atoms. The first-order valence-corrected chi connectivity index (χ1v) is 8.06. The molecule has 0 unspecified atom stereocenters. The lowest BCUT2D eigenvalue weighted by atomic mass is 10.2. The number of ether oxygens (including phenoxy) is 1. The average Bonchev–Trinajstić information content (AvgIpc) is 2.94. The van der Waals surface area contributed by atoms with Crippen molar-refractivity contribution < 1.29 is 13.9 Å². The van der Waals surface area contributed by atoms with Crippen molar-refractivity contribution in [3.8, 4) is 0 Å². The summed E-state index contributed by atoms with van der Waals surface area (Å²) in [4.78, 5) is 19.5. The van der Waals surface area contributed by atoms with Gasteiger partial charge >= 0.3 is 6.09 Å². The third-order valence-electron chi connectivity index (χ3n) is 3.64. The molecule has 0 radical (unpaired) electrons. The number of fused-ring (bicyclic) bond motifs is 1. The minimum absolute atomic E-state index is 0.187. The van der Waals surface area contributed by atoms with Crippen molar-refractivity contribution in [2.45, 2.75) is 26.4 Å². The molecule has 1 aliphatic heterocycles. The fourth-order valence-electron chi connectivity index (χ4n) is 2.58. The second-order valence-corrected chi connectivity index (χ2v) is 6.95. The zero-order valence-corrected chi connectivity index (χ0v) is 14.5. The average molecular weight is 356 g/mol. The van der Waals surface area contributed by atoms with E-state index in [9.17, 15) is 9.18 Å². The Balaban J connectivity index is 1.77. The molecule has 3 rings (SSSR count). The Hall–Kier alpha value is -2.09. The van der Waals surface area contributed by atoms with Crippen LogP contribution < -0.4 is 4.90 Å². The van der Waals surface area contributed by atoms with Crippen molar-refractivity contribution in [3.63, 3.8) is 0 Å². The van der Waals surface area contributed by atoms with Gasteiger partial charge in [-0.25, -0.2) is 9.78 Å². The molecular formula is C15H19ClFN5O2. The van der Waals surface area contributed by atoms with Gasteiger partial charge in [-0.15, -0.1) is 0 Å². The Morgan fingerprint density at radius 1 is 1.29 bits per heavy atom. The number of nitrogens with zero attached hydrogens (tertiary/aromatic N) is 5. The van der Waals surface area contributed by atoms with Crippen LogP contribution in [0.2, 0.25) is 5.15 Å². The molecule has 2 aromatic rings. The first-order chi connectivity index (χ1) is 11.3. The van der Waals surface area contributed by atoms with E-state index in [2.05, 4.69) is 10.1 Å². The lowest BCUT2D eigenvalue weighted by Crippen LogP contribution is -2.50. The van der Waals surface area contributed by atoms with Gasteiger partial charge in [0.05, 0.1) is 6.20 Å². The van der Waals surface area contributed by atoms with Gasteiger partial charge in [0.25, 0.3) is 0 Å². The van der Waals surface area contributed by atoms with Gasteiger partial charge in [0.1, 0.15) is 5.60 Å². The van der Waals surface area contributed by atoms with Gasteiger partial charge in [-0.3, -0.25) is 0 Å². The van der Waals surface area contributed by atoms with E-state index in [-0.39, 0.29) is 17.1 Å². The van der Waals surface area contributed by atoms with E-state index in [1.54, 1.807) is 17.2 Å². The smallest absolute Gasteiger partial charge is 0.410 e. The number of piperazine rings is 1. The highest BCUT2D eigenvalue weighted by molar-refractivity contribution is 6.30. The standard InChI is InChI=1S/C15H19ClFN5O2/c1-15(2,3)24-14(23)21-8-6-20(7-9-21)13-11(17)12(16)19-10-4-5-18-22(10)13/h4-5H,6-9H2,1-3H3. The van der Waals surface area contributed by atoms with Crippen molar-refractivity contribution in [2.24, 2.45) is 0 Å².